The van der Waals surface area contributed by atoms with E-state index in [9.17, 15) is 9.18 Å². The molecular formula is C14H17FN4O. The minimum atomic E-state index is -1.24. The van der Waals surface area contributed by atoms with Crippen molar-refractivity contribution >= 4 is 16.9 Å². The summed E-state index contributed by atoms with van der Waals surface area (Å²) in [6.45, 7) is 1.52. The first-order chi connectivity index (χ1) is 9.66. The normalized spacial score (nSPS) is 18.1. The molecule has 0 bridgehead atoms. The number of fused-ring (bicyclic) bond motifs is 1. The number of hydrogen-bond donors (Lipinski definition) is 3. The molecule has 1 aromatic heterocycles. The number of piperidine rings is 1. The zero-order valence-corrected chi connectivity index (χ0v) is 11.1. The fourth-order valence-corrected chi connectivity index (χ4v) is 2.47. The van der Waals surface area contributed by atoms with Gasteiger partial charge in [-0.2, -0.15) is 4.98 Å². The Morgan fingerprint density at radius 3 is 2.85 bits per heavy atom. The minimum absolute atomic E-state index is 0.163. The third-order valence-corrected chi connectivity index (χ3v) is 3.70. The van der Waals surface area contributed by atoms with E-state index in [1.165, 1.54) is 0 Å². The monoisotopic (exact) mass is 276 g/mol. The maximum Gasteiger partial charge on any atom is 0.282 e. The smallest absolute Gasteiger partial charge is 0.282 e. The molecule has 20 heavy (non-hydrogen) atoms. The quantitative estimate of drug-likeness (QED) is 0.793. The second-order valence-electron chi connectivity index (χ2n) is 5.19. The minimum Gasteiger partial charge on any atom is -0.352 e. The first kappa shape index (κ1) is 13.1. The van der Waals surface area contributed by atoms with Crippen molar-refractivity contribution in [2.75, 3.05) is 25.0 Å². The van der Waals surface area contributed by atoms with Gasteiger partial charge in [0.25, 0.3) is 5.56 Å². The number of nitrogens with zero attached hydrogens (tertiary/aromatic N) is 1. The van der Waals surface area contributed by atoms with Crippen LogP contribution in [0.4, 0.5) is 10.3 Å². The average molecular weight is 276 g/mol. The van der Waals surface area contributed by atoms with Crippen LogP contribution in [0.15, 0.2) is 29.1 Å². The van der Waals surface area contributed by atoms with Gasteiger partial charge in [-0.1, -0.05) is 12.1 Å². The number of alkyl halides is 1. The molecule has 106 valence electrons. The molecule has 1 saturated heterocycles. The summed E-state index contributed by atoms with van der Waals surface area (Å²) in [5, 5.41) is 6.59. The number of aromatic amines is 1. The largest absolute Gasteiger partial charge is 0.352 e. The molecule has 3 N–H and O–H groups in total. The Kier molecular flexibility index (Phi) is 3.40. The van der Waals surface area contributed by atoms with Crippen molar-refractivity contribution in [2.45, 2.75) is 18.5 Å². The van der Waals surface area contributed by atoms with Crippen LogP contribution in [-0.4, -0.2) is 35.3 Å². The average Bonchev–Trinajstić information content (AvgIpc) is 2.46. The Balaban J connectivity index is 1.79. The highest BCUT2D eigenvalue weighted by atomic mass is 19.1. The predicted molar refractivity (Wildman–Crippen MR) is 76.8 cm³/mol. The summed E-state index contributed by atoms with van der Waals surface area (Å²) in [5.74, 6) is 0.323. The van der Waals surface area contributed by atoms with E-state index in [0.29, 0.717) is 42.8 Å². The van der Waals surface area contributed by atoms with Gasteiger partial charge < -0.3 is 15.6 Å². The van der Waals surface area contributed by atoms with Crippen LogP contribution in [0.2, 0.25) is 0 Å². The number of anilines is 1. The highest BCUT2D eigenvalue weighted by Crippen LogP contribution is 2.23. The van der Waals surface area contributed by atoms with E-state index in [1.807, 2.05) is 6.07 Å². The summed E-state index contributed by atoms with van der Waals surface area (Å²) in [4.78, 5) is 18.8. The lowest BCUT2D eigenvalue weighted by Crippen LogP contribution is -2.43. The van der Waals surface area contributed by atoms with Gasteiger partial charge in [-0.15, -0.1) is 0 Å². The summed E-state index contributed by atoms with van der Waals surface area (Å²) in [7, 11) is 0. The van der Waals surface area contributed by atoms with E-state index in [4.69, 9.17) is 0 Å². The second kappa shape index (κ2) is 5.20. The molecule has 1 aliphatic heterocycles. The summed E-state index contributed by atoms with van der Waals surface area (Å²) in [6.07, 6.45) is 0.940. The van der Waals surface area contributed by atoms with E-state index < -0.39 is 5.67 Å². The van der Waals surface area contributed by atoms with E-state index in [1.54, 1.807) is 18.2 Å². The van der Waals surface area contributed by atoms with E-state index in [0.717, 1.165) is 0 Å². The zero-order chi connectivity index (χ0) is 14.0. The van der Waals surface area contributed by atoms with Gasteiger partial charge >= 0.3 is 0 Å². The molecule has 2 heterocycles. The molecule has 1 aliphatic rings. The molecule has 6 heteroatoms. The lowest BCUT2D eigenvalue weighted by Gasteiger charge is -2.30. The van der Waals surface area contributed by atoms with Crippen molar-refractivity contribution in [1.29, 1.82) is 0 Å². The van der Waals surface area contributed by atoms with Crippen molar-refractivity contribution in [3.8, 4) is 0 Å². The summed E-state index contributed by atoms with van der Waals surface area (Å²) < 4.78 is 14.5. The van der Waals surface area contributed by atoms with Crippen molar-refractivity contribution in [1.82, 2.24) is 15.3 Å². The molecule has 0 aliphatic carbocycles. The Hall–Kier alpha value is -1.95. The lowest BCUT2D eigenvalue weighted by atomic mass is 9.94. The van der Waals surface area contributed by atoms with Crippen LogP contribution in [0.3, 0.4) is 0 Å². The highest BCUT2D eigenvalue weighted by Gasteiger charge is 2.31. The van der Waals surface area contributed by atoms with Crippen LogP contribution in [0, 0.1) is 0 Å². The van der Waals surface area contributed by atoms with Crippen LogP contribution in [0.5, 0.6) is 0 Å². The van der Waals surface area contributed by atoms with Crippen molar-refractivity contribution < 1.29 is 4.39 Å². The molecule has 0 spiro atoms. The molecule has 0 amide bonds. The van der Waals surface area contributed by atoms with Gasteiger partial charge in [-0.25, -0.2) is 4.39 Å². The topological polar surface area (TPSA) is 69.8 Å². The number of aromatic nitrogens is 2. The molecule has 0 unspecified atom stereocenters. The molecule has 2 aromatic rings. The number of rotatable bonds is 3. The molecule has 1 aromatic carbocycles. The van der Waals surface area contributed by atoms with Gasteiger partial charge in [0.15, 0.2) is 0 Å². The molecule has 1 fully saturated rings. The third kappa shape index (κ3) is 2.65. The van der Waals surface area contributed by atoms with Gasteiger partial charge in [0.05, 0.1) is 17.4 Å². The van der Waals surface area contributed by atoms with Crippen LogP contribution in [-0.2, 0) is 0 Å². The SMILES string of the molecule is O=c1nc(NCC2(F)CCNCC2)[nH]c2ccccc12. The van der Waals surface area contributed by atoms with Crippen molar-refractivity contribution in [3.63, 3.8) is 0 Å². The lowest BCUT2D eigenvalue weighted by molar-refractivity contribution is 0.131. The van der Waals surface area contributed by atoms with Crippen molar-refractivity contribution in [3.05, 3.63) is 34.6 Å². The van der Waals surface area contributed by atoms with Gasteiger partial charge in [0, 0.05) is 0 Å². The number of hydrogen-bond acceptors (Lipinski definition) is 4. The van der Waals surface area contributed by atoms with Gasteiger partial charge in [-0.3, -0.25) is 4.79 Å². The van der Waals surface area contributed by atoms with Gasteiger partial charge in [0.2, 0.25) is 5.95 Å². The number of nitrogens with one attached hydrogen (secondary N) is 3. The molecule has 0 atom stereocenters. The van der Waals surface area contributed by atoms with Crippen LogP contribution in [0.1, 0.15) is 12.8 Å². The van der Waals surface area contributed by atoms with Crippen LogP contribution in [0.25, 0.3) is 10.9 Å². The maximum atomic E-state index is 14.5. The molecule has 5 nitrogen and oxygen atoms in total. The number of halogens is 1. The van der Waals surface area contributed by atoms with E-state index in [-0.39, 0.29) is 12.1 Å². The predicted octanol–water partition coefficient (Wildman–Crippen LogP) is 1.43. The number of H-pyrrole nitrogens is 1. The van der Waals surface area contributed by atoms with E-state index >= 15 is 0 Å². The second-order valence-corrected chi connectivity index (χ2v) is 5.19. The Labute approximate surface area is 115 Å². The number of benzene rings is 1. The molecule has 0 saturated carbocycles. The van der Waals surface area contributed by atoms with Gasteiger partial charge in [-0.05, 0) is 38.1 Å². The Morgan fingerprint density at radius 2 is 2.05 bits per heavy atom. The Bertz CT molecular complexity index is 664. The maximum absolute atomic E-state index is 14.5. The summed E-state index contributed by atoms with van der Waals surface area (Å²) in [6, 6.07) is 7.15. The fraction of sp³-hybridized carbons (Fsp3) is 0.429. The number of para-hydroxylation sites is 1. The first-order valence-electron chi connectivity index (χ1n) is 6.79. The molecule has 0 radical (unpaired) electrons. The standard InChI is InChI=1S/C14H17FN4O/c15-14(5-7-16-8-6-14)9-17-13-18-11-4-2-1-3-10(11)12(20)19-13/h1-4,16H,5-9H2,(H2,17,18,19,20). The zero-order valence-electron chi connectivity index (χ0n) is 11.1. The molecule has 3 rings (SSSR count). The third-order valence-electron chi connectivity index (χ3n) is 3.70. The van der Waals surface area contributed by atoms with Gasteiger partial charge in [0.1, 0.15) is 5.67 Å². The summed E-state index contributed by atoms with van der Waals surface area (Å²) in [5.41, 5.74) is -0.844. The van der Waals surface area contributed by atoms with Crippen LogP contribution < -0.4 is 16.2 Å². The Morgan fingerprint density at radius 1 is 1.30 bits per heavy atom. The first-order valence-corrected chi connectivity index (χ1v) is 6.79. The molecular weight excluding hydrogens is 259 g/mol. The van der Waals surface area contributed by atoms with Crippen LogP contribution >= 0.6 is 0 Å². The highest BCUT2D eigenvalue weighted by molar-refractivity contribution is 5.78. The van der Waals surface area contributed by atoms with E-state index in [2.05, 4.69) is 20.6 Å². The fourth-order valence-electron chi connectivity index (χ4n) is 2.47. The van der Waals surface area contributed by atoms with Crippen molar-refractivity contribution in [2.24, 2.45) is 0 Å². The summed E-state index contributed by atoms with van der Waals surface area (Å²) >= 11 is 0.